The summed E-state index contributed by atoms with van der Waals surface area (Å²) in [6, 6.07) is 20.1. The number of nitrogens with zero attached hydrogens (tertiary/aromatic N) is 1. The van der Waals surface area contributed by atoms with Gasteiger partial charge in [0.05, 0.1) is 10.0 Å². The third-order valence-corrected chi connectivity index (χ3v) is 5.34. The number of amides is 1. The highest BCUT2D eigenvalue weighted by Gasteiger charge is 2.13. The van der Waals surface area contributed by atoms with Gasteiger partial charge in [-0.2, -0.15) is 5.26 Å². The van der Waals surface area contributed by atoms with E-state index in [4.69, 9.17) is 27.9 Å². The van der Waals surface area contributed by atoms with E-state index in [1.807, 2.05) is 43.3 Å². The van der Waals surface area contributed by atoms with E-state index in [2.05, 4.69) is 21.2 Å². The van der Waals surface area contributed by atoms with Crippen LogP contribution in [0.1, 0.15) is 16.7 Å². The van der Waals surface area contributed by atoms with Crippen LogP contribution in [0.3, 0.4) is 0 Å². The van der Waals surface area contributed by atoms with Crippen molar-refractivity contribution in [2.75, 3.05) is 5.32 Å². The van der Waals surface area contributed by atoms with Crippen LogP contribution in [0.4, 0.5) is 5.69 Å². The number of aryl methyl sites for hydroxylation is 1. The topological polar surface area (TPSA) is 62.1 Å². The van der Waals surface area contributed by atoms with Crippen LogP contribution in [0.15, 0.2) is 70.7 Å². The number of anilines is 1. The van der Waals surface area contributed by atoms with Crippen molar-refractivity contribution in [3.63, 3.8) is 0 Å². The van der Waals surface area contributed by atoms with Crippen LogP contribution in [0, 0.1) is 18.3 Å². The number of rotatable bonds is 6. The maximum Gasteiger partial charge on any atom is 0.266 e. The molecule has 0 saturated carbocycles. The molecule has 1 N–H and O–H groups in total. The van der Waals surface area contributed by atoms with Crippen molar-refractivity contribution in [1.82, 2.24) is 0 Å². The lowest BCUT2D eigenvalue weighted by Gasteiger charge is -2.11. The molecule has 31 heavy (non-hydrogen) atoms. The monoisotopic (exact) mass is 514 g/mol. The Labute approximate surface area is 199 Å². The first kappa shape index (κ1) is 22.9. The van der Waals surface area contributed by atoms with Crippen molar-refractivity contribution in [1.29, 1.82) is 5.26 Å². The average Bonchev–Trinajstić information content (AvgIpc) is 2.72. The average molecular weight is 516 g/mol. The van der Waals surface area contributed by atoms with Crippen LogP contribution in [-0.2, 0) is 11.4 Å². The van der Waals surface area contributed by atoms with Gasteiger partial charge >= 0.3 is 0 Å². The predicted octanol–water partition coefficient (Wildman–Crippen LogP) is 7.19. The number of ether oxygens (including phenoxy) is 1. The second kappa shape index (κ2) is 10.5. The molecule has 7 heteroatoms. The Hall–Kier alpha value is -2.78. The first-order valence-corrected chi connectivity index (χ1v) is 10.8. The Morgan fingerprint density at radius 3 is 2.42 bits per heavy atom. The zero-order chi connectivity index (χ0) is 22.4. The summed E-state index contributed by atoms with van der Waals surface area (Å²) in [7, 11) is 0. The van der Waals surface area contributed by atoms with E-state index in [0.717, 1.165) is 15.6 Å². The molecule has 1 amide bonds. The van der Waals surface area contributed by atoms with Crippen molar-refractivity contribution in [3.05, 3.63) is 97.4 Å². The van der Waals surface area contributed by atoms with Gasteiger partial charge in [-0.25, -0.2) is 0 Å². The molecule has 0 atom stereocenters. The highest BCUT2D eigenvalue weighted by molar-refractivity contribution is 9.10. The smallest absolute Gasteiger partial charge is 0.266 e. The number of hydrogen-bond donors (Lipinski definition) is 1. The first-order chi connectivity index (χ1) is 14.9. The standard InChI is InChI=1S/C24H17BrCl2N2O2/c1-15-5-7-16(8-6-15)14-31-23-21(26)10-17(11-22(23)27)9-18(13-28)24(30)29-20-4-2-3-19(25)12-20/h2-12H,14H2,1H3,(H,29,30)/b18-9-. The number of nitriles is 1. The zero-order valence-electron chi connectivity index (χ0n) is 16.5. The summed E-state index contributed by atoms with van der Waals surface area (Å²) in [5, 5.41) is 12.7. The fraction of sp³-hybridized carbons (Fsp3) is 0.0833. The zero-order valence-corrected chi connectivity index (χ0v) is 19.6. The second-order valence-electron chi connectivity index (χ2n) is 6.72. The molecule has 156 valence electrons. The molecule has 0 aromatic heterocycles. The largest absolute Gasteiger partial charge is 0.486 e. The molecule has 0 bridgehead atoms. The Balaban J connectivity index is 1.76. The summed E-state index contributed by atoms with van der Waals surface area (Å²) in [6.07, 6.45) is 1.43. The fourth-order valence-electron chi connectivity index (χ4n) is 2.72. The minimum atomic E-state index is -0.535. The number of carbonyl (C=O) groups is 1. The molecule has 0 unspecified atom stereocenters. The van der Waals surface area contributed by atoms with Crippen molar-refractivity contribution in [3.8, 4) is 11.8 Å². The van der Waals surface area contributed by atoms with Crippen molar-refractivity contribution < 1.29 is 9.53 Å². The van der Waals surface area contributed by atoms with Gasteiger partial charge in [0, 0.05) is 10.2 Å². The maximum atomic E-state index is 12.5. The highest BCUT2D eigenvalue weighted by atomic mass is 79.9. The summed E-state index contributed by atoms with van der Waals surface area (Å²) >= 11 is 16.0. The highest BCUT2D eigenvalue weighted by Crippen LogP contribution is 2.35. The molecule has 3 aromatic carbocycles. The number of benzene rings is 3. The molecule has 0 spiro atoms. The van der Waals surface area contributed by atoms with Gasteiger partial charge in [-0.15, -0.1) is 0 Å². The van der Waals surface area contributed by atoms with Gasteiger partial charge in [0.1, 0.15) is 18.2 Å². The molecule has 0 saturated heterocycles. The second-order valence-corrected chi connectivity index (χ2v) is 8.45. The molecule has 0 aliphatic carbocycles. The molecule has 0 aliphatic heterocycles. The Morgan fingerprint density at radius 2 is 1.81 bits per heavy atom. The van der Waals surface area contributed by atoms with Gasteiger partial charge in [-0.05, 0) is 54.5 Å². The van der Waals surface area contributed by atoms with Crippen LogP contribution in [-0.4, -0.2) is 5.91 Å². The summed E-state index contributed by atoms with van der Waals surface area (Å²) < 4.78 is 6.60. The maximum absolute atomic E-state index is 12.5. The third-order valence-electron chi connectivity index (χ3n) is 4.28. The number of carbonyl (C=O) groups excluding carboxylic acids is 1. The Bertz CT molecular complexity index is 1160. The predicted molar refractivity (Wildman–Crippen MR) is 128 cm³/mol. The third kappa shape index (κ3) is 6.35. The van der Waals surface area contributed by atoms with E-state index in [1.165, 1.54) is 6.08 Å². The van der Waals surface area contributed by atoms with Crippen LogP contribution >= 0.6 is 39.1 Å². The minimum absolute atomic E-state index is 0.0829. The van der Waals surface area contributed by atoms with Gasteiger partial charge in [0.2, 0.25) is 0 Å². The summed E-state index contributed by atoms with van der Waals surface area (Å²) in [4.78, 5) is 12.5. The summed E-state index contributed by atoms with van der Waals surface area (Å²) in [5.74, 6) is -0.189. The molecule has 0 fully saturated rings. The molecular formula is C24H17BrCl2N2O2. The number of halogens is 3. The lowest BCUT2D eigenvalue weighted by Crippen LogP contribution is -2.13. The number of nitrogens with one attached hydrogen (secondary N) is 1. The van der Waals surface area contributed by atoms with Crippen molar-refractivity contribution in [2.24, 2.45) is 0 Å². The quantitative estimate of drug-likeness (QED) is 0.279. The molecule has 4 nitrogen and oxygen atoms in total. The normalized spacial score (nSPS) is 11.0. The van der Waals surface area contributed by atoms with Crippen LogP contribution in [0.25, 0.3) is 6.08 Å². The van der Waals surface area contributed by atoms with Crippen LogP contribution in [0.5, 0.6) is 5.75 Å². The van der Waals surface area contributed by atoms with Crippen molar-refractivity contribution in [2.45, 2.75) is 13.5 Å². The summed E-state index contributed by atoms with van der Waals surface area (Å²) in [5.41, 5.74) is 3.14. The SMILES string of the molecule is Cc1ccc(COc2c(Cl)cc(/C=C(/C#N)C(=O)Nc3cccc(Br)c3)cc2Cl)cc1. The first-order valence-electron chi connectivity index (χ1n) is 9.22. The van der Waals surface area contributed by atoms with Crippen molar-refractivity contribution >= 4 is 56.8 Å². The van der Waals surface area contributed by atoms with Crippen LogP contribution in [0.2, 0.25) is 10.0 Å². The van der Waals surface area contributed by atoms with E-state index in [0.29, 0.717) is 23.6 Å². The molecule has 0 aliphatic rings. The van der Waals surface area contributed by atoms with Gasteiger partial charge < -0.3 is 10.1 Å². The Kier molecular flexibility index (Phi) is 7.75. The fourth-order valence-corrected chi connectivity index (χ4v) is 3.73. The Morgan fingerprint density at radius 1 is 1.13 bits per heavy atom. The summed E-state index contributed by atoms with van der Waals surface area (Å²) in [6.45, 7) is 2.33. The number of hydrogen-bond acceptors (Lipinski definition) is 3. The van der Waals surface area contributed by atoms with Gasteiger partial charge in [0.25, 0.3) is 5.91 Å². The molecular weight excluding hydrogens is 499 g/mol. The van der Waals surface area contributed by atoms with E-state index < -0.39 is 5.91 Å². The molecule has 3 rings (SSSR count). The van der Waals surface area contributed by atoms with Gasteiger partial charge in [-0.1, -0.05) is 75.0 Å². The van der Waals surface area contributed by atoms with E-state index >= 15 is 0 Å². The van der Waals surface area contributed by atoms with Gasteiger partial charge in [-0.3, -0.25) is 4.79 Å². The molecule has 0 radical (unpaired) electrons. The van der Waals surface area contributed by atoms with E-state index in [9.17, 15) is 10.1 Å². The van der Waals surface area contributed by atoms with E-state index in [-0.39, 0.29) is 15.6 Å². The van der Waals surface area contributed by atoms with Gasteiger partial charge in [0.15, 0.2) is 5.75 Å². The minimum Gasteiger partial charge on any atom is -0.486 e. The molecule has 0 heterocycles. The van der Waals surface area contributed by atoms with Crippen LogP contribution < -0.4 is 10.1 Å². The molecule has 3 aromatic rings. The van der Waals surface area contributed by atoms with E-state index in [1.54, 1.807) is 30.3 Å². The lowest BCUT2D eigenvalue weighted by atomic mass is 10.1. The lowest BCUT2D eigenvalue weighted by molar-refractivity contribution is -0.112.